The molecule has 2 aliphatic rings. The molecule has 164 valence electrons. The quantitative estimate of drug-likeness (QED) is 0.139. The van der Waals surface area contributed by atoms with Gasteiger partial charge in [0.05, 0.1) is 0 Å². The van der Waals surface area contributed by atoms with E-state index in [0.29, 0.717) is 0 Å². The molecule has 5 rings (SSSR count). The monoisotopic (exact) mass is 620 g/mol. The van der Waals surface area contributed by atoms with Gasteiger partial charge in [0.2, 0.25) is 0 Å². The normalized spacial score (nSPS) is 19.2. The average Bonchev–Trinajstić information content (AvgIpc) is 3.55. The molecule has 2 aliphatic carbocycles. The van der Waals surface area contributed by atoms with Gasteiger partial charge in [0.15, 0.2) is 8.07 Å². The molecule has 0 aromatic heterocycles. The smallest absolute Gasteiger partial charge is 0 e. The first kappa shape index (κ1) is 28.6. The second-order valence-corrected chi connectivity index (χ2v) is 11.9. The minimum Gasteiger partial charge on any atom is 0 e. The van der Waals surface area contributed by atoms with Crippen LogP contribution in [-0.4, -0.2) is 8.07 Å². The molecule has 0 radical (unpaired) electrons. The van der Waals surface area contributed by atoms with Crippen LogP contribution in [0.3, 0.4) is 0 Å². The van der Waals surface area contributed by atoms with Crippen molar-refractivity contribution in [2.45, 2.75) is 18.4 Å². The predicted molar refractivity (Wildman–Crippen MR) is 125 cm³/mol. The van der Waals surface area contributed by atoms with Gasteiger partial charge in [-0.15, -0.1) is 0 Å². The van der Waals surface area contributed by atoms with Crippen LogP contribution >= 0.6 is 0 Å². The Kier molecular flexibility index (Phi) is 12.7. The van der Waals surface area contributed by atoms with Gasteiger partial charge in [0.25, 0.3) is 0 Å². The number of fused-ring (bicyclic) bond motifs is 2. The van der Waals surface area contributed by atoms with Crippen molar-refractivity contribution >= 4 is 23.6 Å². The van der Waals surface area contributed by atoms with Crippen LogP contribution in [0.4, 0.5) is 0 Å². The molecule has 3 atom stereocenters. The van der Waals surface area contributed by atoms with Crippen LogP contribution in [0.15, 0.2) is 103 Å². The van der Waals surface area contributed by atoms with Crippen LogP contribution in [0.2, 0.25) is 5.54 Å². The van der Waals surface area contributed by atoms with Gasteiger partial charge in [-0.25, -0.2) is 0 Å². The van der Waals surface area contributed by atoms with Crippen LogP contribution in [0.1, 0.15) is 12.8 Å². The minimum absolute atomic E-state index is 0. The SMILES string of the molecule is C1=CC2CC1CC2[Si](c1ccccc1)(c1ccccc1)c1ccccc1.[C-]#[O+].[C-]#[O+].[C-]#[O+].[W]. The fourth-order valence-electron chi connectivity index (χ4n) is 5.52. The topological polar surface area (TPSA) is 59.7 Å². The standard InChI is InChI=1S/C25H24Si.3CO.W/c1-4-10-22(11-5-1)26(23-12-6-2-7-13-23,24-14-8-3-9-15-24)25-19-20-16-17-21(25)18-20;3*1-2;/h1-17,20-21,25H,18-19H2;;;;. The van der Waals surface area contributed by atoms with Crippen molar-refractivity contribution in [1.82, 2.24) is 0 Å². The summed E-state index contributed by atoms with van der Waals surface area (Å²) in [6.45, 7) is 13.5. The fourth-order valence-corrected chi connectivity index (χ4v) is 11.5. The zero-order valence-corrected chi connectivity index (χ0v) is 22.0. The Morgan fingerprint density at radius 2 is 0.909 bits per heavy atom. The Balaban J connectivity index is 0.000000723. The van der Waals surface area contributed by atoms with Gasteiger partial charge >= 0.3 is 33.9 Å². The van der Waals surface area contributed by atoms with Gasteiger partial charge in [-0.05, 0) is 45.8 Å². The number of rotatable bonds is 4. The summed E-state index contributed by atoms with van der Waals surface area (Å²) in [6.07, 6.45) is 7.69. The van der Waals surface area contributed by atoms with Crippen LogP contribution in [0, 0.1) is 31.8 Å². The van der Waals surface area contributed by atoms with Gasteiger partial charge in [0.1, 0.15) is 0 Å². The van der Waals surface area contributed by atoms with E-state index in [2.05, 4.69) is 123 Å². The Bertz CT molecular complexity index is 935. The fraction of sp³-hybridized carbons (Fsp3) is 0.179. The third-order valence-electron chi connectivity index (χ3n) is 6.52. The van der Waals surface area contributed by atoms with E-state index >= 15 is 0 Å². The number of allylic oxidation sites excluding steroid dienone is 2. The van der Waals surface area contributed by atoms with E-state index in [1.807, 2.05) is 0 Å². The Morgan fingerprint density at radius 3 is 1.18 bits per heavy atom. The predicted octanol–water partition coefficient (Wildman–Crippen LogP) is 4.01. The molecule has 5 heteroatoms. The van der Waals surface area contributed by atoms with E-state index in [4.69, 9.17) is 14.0 Å². The molecule has 1 fully saturated rings. The minimum atomic E-state index is -2.10. The molecular weight excluding hydrogens is 596 g/mol. The van der Waals surface area contributed by atoms with Crippen molar-refractivity contribution in [3.05, 3.63) is 123 Å². The number of hydrogen-bond donors (Lipinski definition) is 0. The first-order valence-corrected chi connectivity index (χ1v) is 12.4. The maximum absolute atomic E-state index is 7.50. The third kappa shape index (κ3) is 5.72. The van der Waals surface area contributed by atoms with Crippen LogP contribution in [0.5, 0.6) is 0 Å². The Hall–Kier alpha value is -2.47. The molecular formula is C28H24O3SiW. The van der Waals surface area contributed by atoms with Gasteiger partial charge in [0, 0.05) is 21.1 Å². The summed E-state index contributed by atoms with van der Waals surface area (Å²) in [5.41, 5.74) is 0.740. The molecule has 2 bridgehead atoms. The van der Waals surface area contributed by atoms with Gasteiger partial charge in [-0.2, -0.15) is 0 Å². The van der Waals surface area contributed by atoms with Crippen molar-refractivity contribution < 1.29 is 35.0 Å². The zero-order chi connectivity index (χ0) is 23.4. The van der Waals surface area contributed by atoms with Crippen molar-refractivity contribution in [3.63, 3.8) is 0 Å². The summed E-state index contributed by atoms with van der Waals surface area (Å²) in [7, 11) is -2.10. The number of hydrogen-bond acceptors (Lipinski definition) is 0. The Morgan fingerprint density at radius 1 is 0.545 bits per heavy atom. The molecule has 3 aromatic rings. The molecule has 0 aliphatic heterocycles. The summed E-state index contributed by atoms with van der Waals surface area (Å²) >= 11 is 0. The average molecular weight is 620 g/mol. The van der Waals surface area contributed by atoms with Gasteiger partial charge in [-0.3, -0.25) is 0 Å². The summed E-state index contributed by atoms with van der Waals surface area (Å²) < 4.78 is 22.5. The first-order valence-electron chi connectivity index (χ1n) is 10.3. The largest absolute Gasteiger partial charge is 0 e. The van der Waals surface area contributed by atoms with E-state index in [1.165, 1.54) is 12.8 Å². The van der Waals surface area contributed by atoms with Crippen molar-refractivity contribution in [3.8, 4) is 0 Å². The molecule has 0 N–H and O–H groups in total. The van der Waals surface area contributed by atoms with Crippen LogP contribution in [-0.2, 0) is 35.0 Å². The summed E-state index contributed by atoms with van der Waals surface area (Å²) in [6, 6.07) is 34.2. The Labute approximate surface area is 211 Å². The molecule has 3 unspecified atom stereocenters. The summed E-state index contributed by atoms with van der Waals surface area (Å²) in [5.74, 6) is 1.51. The first-order chi connectivity index (χ1) is 15.9. The zero-order valence-electron chi connectivity index (χ0n) is 18.1. The number of benzene rings is 3. The van der Waals surface area contributed by atoms with Crippen molar-refractivity contribution in [2.75, 3.05) is 0 Å². The molecule has 33 heavy (non-hydrogen) atoms. The third-order valence-corrected chi connectivity index (χ3v) is 12.0. The van der Waals surface area contributed by atoms with E-state index in [0.717, 1.165) is 17.4 Å². The summed E-state index contributed by atoms with van der Waals surface area (Å²) in [4.78, 5) is 0. The second-order valence-electron chi connectivity index (χ2n) is 7.79. The molecule has 0 heterocycles. The van der Waals surface area contributed by atoms with E-state index in [1.54, 1.807) is 15.6 Å². The van der Waals surface area contributed by atoms with E-state index in [9.17, 15) is 0 Å². The van der Waals surface area contributed by atoms with Crippen molar-refractivity contribution in [2.24, 2.45) is 11.8 Å². The molecule has 3 nitrogen and oxygen atoms in total. The van der Waals surface area contributed by atoms with E-state index < -0.39 is 8.07 Å². The van der Waals surface area contributed by atoms with Crippen LogP contribution < -0.4 is 15.6 Å². The van der Waals surface area contributed by atoms with Crippen molar-refractivity contribution in [1.29, 1.82) is 0 Å². The maximum atomic E-state index is 7.50. The molecule has 0 spiro atoms. The van der Waals surface area contributed by atoms with Gasteiger partial charge in [-0.1, -0.05) is 103 Å². The second kappa shape index (κ2) is 14.6. The molecule has 1 saturated carbocycles. The molecule has 0 saturated heterocycles. The summed E-state index contributed by atoms with van der Waals surface area (Å²) in [5, 5.41) is 4.68. The molecule has 3 aromatic carbocycles. The maximum Gasteiger partial charge on any atom is 0 e. The van der Waals surface area contributed by atoms with Gasteiger partial charge < -0.3 is 0 Å². The van der Waals surface area contributed by atoms with Crippen LogP contribution in [0.25, 0.3) is 0 Å². The van der Waals surface area contributed by atoms with E-state index in [-0.39, 0.29) is 21.1 Å². The molecule has 0 amide bonds.